The Balaban J connectivity index is 1.77. The molecule has 0 amide bonds. The Labute approximate surface area is 121 Å². The highest BCUT2D eigenvalue weighted by Gasteiger charge is 2.21. The van der Waals surface area contributed by atoms with Gasteiger partial charge in [-0.05, 0) is 32.0 Å². The maximum atomic E-state index is 13.7. The van der Waals surface area contributed by atoms with Crippen molar-refractivity contribution < 1.29 is 8.78 Å². The van der Waals surface area contributed by atoms with Crippen molar-refractivity contribution in [3.63, 3.8) is 0 Å². The number of hydrogen-bond acceptors (Lipinski definition) is 4. The number of nitrogens with one attached hydrogen (secondary N) is 2. The molecule has 2 heterocycles. The van der Waals surface area contributed by atoms with Crippen LogP contribution in [0.3, 0.4) is 0 Å². The van der Waals surface area contributed by atoms with E-state index in [9.17, 15) is 8.78 Å². The van der Waals surface area contributed by atoms with Crippen molar-refractivity contribution in [2.24, 2.45) is 0 Å². The van der Waals surface area contributed by atoms with Crippen molar-refractivity contribution in [1.82, 2.24) is 20.5 Å². The number of nitrogens with zero attached hydrogens (tertiary/aromatic N) is 3. The molecule has 21 heavy (non-hydrogen) atoms. The lowest BCUT2D eigenvalue weighted by Gasteiger charge is -2.30. The van der Waals surface area contributed by atoms with Gasteiger partial charge in [-0.2, -0.15) is 4.98 Å². The average molecular weight is 293 g/mol. The molecule has 0 radical (unpaired) electrons. The third-order valence-corrected chi connectivity index (χ3v) is 3.85. The molecule has 1 fully saturated rings. The fourth-order valence-electron chi connectivity index (χ4n) is 2.56. The smallest absolute Gasteiger partial charge is 0.245 e. The van der Waals surface area contributed by atoms with Crippen LogP contribution in [0.4, 0.5) is 14.7 Å². The van der Waals surface area contributed by atoms with Gasteiger partial charge in [0.2, 0.25) is 5.95 Å². The summed E-state index contributed by atoms with van der Waals surface area (Å²) in [6.45, 7) is 1.71. The minimum atomic E-state index is -0.647. The molecule has 2 N–H and O–H groups in total. The standard InChI is InChI=1S/C14H17F2N5/c1-17-10-4-6-21(7-5-10)14-18-13(19-20-14)11-3-2-9(15)8-12(11)16/h2-3,8,10,17H,4-7H2,1H3,(H,18,19,20). The number of rotatable bonds is 3. The van der Waals surface area contributed by atoms with Crippen molar-refractivity contribution in [3.8, 4) is 11.4 Å². The molecule has 1 aliphatic heterocycles. The average Bonchev–Trinajstić information content (AvgIpc) is 2.97. The first-order chi connectivity index (χ1) is 10.2. The molecule has 7 heteroatoms. The Kier molecular flexibility index (Phi) is 3.83. The van der Waals surface area contributed by atoms with Gasteiger partial charge in [0, 0.05) is 25.2 Å². The van der Waals surface area contributed by atoms with Crippen LogP contribution in [-0.4, -0.2) is 41.4 Å². The van der Waals surface area contributed by atoms with E-state index >= 15 is 0 Å². The lowest BCUT2D eigenvalue weighted by Crippen LogP contribution is -2.41. The predicted octanol–water partition coefficient (Wildman–Crippen LogP) is 1.94. The number of piperidine rings is 1. The van der Waals surface area contributed by atoms with Gasteiger partial charge in [0.05, 0.1) is 5.56 Å². The quantitative estimate of drug-likeness (QED) is 0.908. The zero-order valence-corrected chi connectivity index (χ0v) is 11.7. The van der Waals surface area contributed by atoms with Gasteiger partial charge < -0.3 is 10.2 Å². The molecule has 0 saturated carbocycles. The summed E-state index contributed by atoms with van der Waals surface area (Å²) in [6, 6.07) is 3.94. The summed E-state index contributed by atoms with van der Waals surface area (Å²) < 4.78 is 26.7. The normalized spacial score (nSPS) is 16.4. The summed E-state index contributed by atoms with van der Waals surface area (Å²) in [5.74, 6) is -0.377. The van der Waals surface area contributed by atoms with Crippen LogP contribution in [0.1, 0.15) is 12.8 Å². The van der Waals surface area contributed by atoms with Gasteiger partial charge in [-0.15, -0.1) is 5.10 Å². The highest BCUT2D eigenvalue weighted by Crippen LogP contribution is 2.23. The molecule has 0 atom stereocenters. The number of benzene rings is 1. The lowest BCUT2D eigenvalue weighted by atomic mass is 10.1. The molecular formula is C14H17F2N5. The molecule has 0 aliphatic carbocycles. The van der Waals surface area contributed by atoms with E-state index in [2.05, 4.69) is 25.4 Å². The zero-order valence-electron chi connectivity index (χ0n) is 11.7. The lowest BCUT2D eigenvalue weighted by molar-refractivity contribution is 0.439. The topological polar surface area (TPSA) is 56.8 Å². The molecule has 112 valence electrons. The number of hydrogen-bond donors (Lipinski definition) is 2. The monoisotopic (exact) mass is 293 g/mol. The van der Waals surface area contributed by atoms with Crippen LogP contribution in [0.15, 0.2) is 18.2 Å². The first-order valence-corrected chi connectivity index (χ1v) is 6.97. The third-order valence-electron chi connectivity index (χ3n) is 3.85. The third kappa shape index (κ3) is 2.87. The van der Waals surface area contributed by atoms with Gasteiger partial charge in [0.1, 0.15) is 11.6 Å². The van der Waals surface area contributed by atoms with Crippen molar-refractivity contribution in [1.29, 1.82) is 0 Å². The van der Waals surface area contributed by atoms with Crippen molar-refractivity contribution in [2.45, 2.75) is 18.9 Å². The molecule has 2 aromatic rings. The minimum Gasteiger partial charge on any atom is -0.339 e. The van der Waals surface area contributed by atoms with Crippen LogP contribution in [0.25, 0.3) is 11.4 Å². The van der Waals surface area contributed by atoms with Crippen molar-refractivity contribution in [3.05, 3.63) is 29.8 Å². The molecule has 5 nitrogen and oxygen atoms in total. The molecule has 0 bridgehead atoms. The summed E-state index contributed by atoms with van der Waals surface area (Å²) in [6.07, 6.45) is 2.04. The second-order valence-electron chi connectivity index (χ2n) is 5.16. The SMILES string of the molecule is CNC1CCN(c2n[nH]c(-c3ccc(F)cc3F)n2)CC1. The van der Waals surface area contributed by atoms with E-state index in [0.29, 0.717) is 17.8 Å². The summed E-state index contributed by atoms with van der Waals surface area (Å²) in [7, 11) is 1.96. The largest absolute Gasteiger partial charge is 0.339 e. The summed E-state index contributed by atoms with van der Waals surface area (Å²) in [5, 5.41) is 10.1. The van der Waals surface area contributed by atoms with E-state index in [1.807, 2.05) is 7.05 Å². The van der Waals surface area contributed by atoms with Gasteiger partial charge in [0.15, 0.2) is 5.82 Å². The number of anilines is 1. The molecule has 1 aliphatic rings. The number of aromatic amines is 1. The Bertz CT molecular complexity index is 620. The van der Waals surface area contributed by atoms with Gasteiger partial charge >= 0.3 is 0 Å². The Morgan fingerprint density at radius 1 is 1.29 bits per heavy atom. The number of halogens is 2. The van der Waals surface area contributed by atoms with Crippen LogP contribution in [0.5, 0.6) is 0 Å². The van der Waals surface area contributed by atoms with Gasteiger partial charge in [-0.3, -0.25) is 5.10 Å². The second-order valence-corrected chi connectivity index (χ2v) is 5.16. The van der Waals surface area contributed by atoms with Crippen LogP contribution in [0.2, 0.25) is 0 Å². The van der Waals surface area contributed by atoms with Crippen molar-refractivity contribution in [2.75, 3.05) is 25.0 Å². The first-order valence-electron chi connectivity index (χ1n) is 6.97. The van der Waals surface area contributed by atoms with E-state index < -0.39 is 11.6 Å². The molecule has 1 saturated heterocycles. The summed E-state index contributed by atoms with van der Waals surface area (Å²) in [4.78, 5) is 6.39. The van der Waals surface area contributed by atoms with Gasteiger partial charge in [-0.1, -0.05) is 0 Å². The molecule has 0 spiro atoms. The maximum absolute atomic E-state index is 13.7. The summed E-state index contributed by atoms with van der Waals surface area (Å²) >= 11 is 0. The van der Waals surface area contributed by atoms with Crippen LogP contribution >= 0.6 is 0 Å². The highest BCUT2D eigenvalue weighted by molar-refractivity contribution is 5.57. The van der Waals surface area contributed by atoms with E-state index in [0.717, 1.165) is 32.0 Å². The van der Waals surface area contributed by atoms with Gasteiger partial charge in [0.25, 0.3) is 0 Å². The van der Waals surface area contributed by atoms with Crippen LogP contribution < -0.4 is 10.2 Å². The predicted molar refractivity (Wildman–Crippen MR) is 76.0 cm³/mol. The minimum absolute atomic E-state index is 0.222. The van der Waals surface area contributed by atoms with Crippen molar-refractivity contribution >= 4 is 5.95 Å². The molecule has 3 rings (SSSR count). The fraction of sp³-hybridized carbons (Fsp3) is 0.429. The Hall–Kier alpha value is -2.02. The zero-order chi connectivity index (χ0) is 14.8. The molecule has 1 aromatic heterocycles. The Morgan fingerprint density at radius 3 is 2.71 bits per heavy atom. The Morgan fingerprint density at radius 2 is 2.05 bits per heavy atom. The van der Waals surface area contributed by atoms with E-state index in [4.69, 9.17) is 0 Å². The molecular weight excluding hydrogens is 276 g/mol. The van der Waals surface area contributed by atoms with E-state index in [-0.39, 0.29) is 5.56 Å². The van der Waals surface area contributed by atoms with E-state index in [1.54, 1.807) is 0 Å². The number of H-pyrrole nitrogens is 1. The first kappa shape index (κ1) is 13.9. The maximum Gasteiger partial charge on any atom is 0.245 e. The summed E-state index contributed by atoms with van der Waals surface area (Å²) in [5.41, 5.74) is 0.222. The van der Waals surface area contributed by atoms with E-state index in [1.165, 1.54) is 12.1 Å². The molecule has 0 unspecified atom stereocenters. The van der Waals surface area contributed by atoms with Gasteiger partial charge in [-0.25, -0.2) is 8.78 Å². The molecule has 1 aromatic carbocycles. The second kappa shape index (κ2) is 5.77. The van der Waals surface area contributed by atoms with Crippen LogP contribution in [0, 0.1) is 11.6 Å². The number of aromatic nitrogens is 3. The highest BCUT2D eigenvalue weighted by atomic mass is 19.1. The van der Waals surface area contributed by atoms with Crippen LogP contribution in [-0.2, 0) is 0 Å². The fourth-order valence-corrected chi connectivity index (χ4v) is 2.56.